The molecule has 0 unspecified atom stereocenters. The van der Waals surface area contributed by atoms with Crippen LogP contribution in [0, 0.1) is 13.8 Å². The van der Waals surface area contributed by atoms with Crippen LogP contribution in [0.4, 0.5) is 16.2 Å². The van der Waals surface area contributed by atoms with E-state index in [1.165, 1.54) is 13.1 Å². The lowest BCUT2D eigenvalue weighted by molar-refractivity contribution is 0.102. The predicted molar refractivity (Wildman–Crippen MR) is 112 cm³/mol. The summed E-state index contributed by atoms with van der Waals surface area (Å²) < 4.78 is 0. The SMILES string of the molecule is CNC(=O)Nc1cc(-c2cccc(NC(=O)c3ccc(C)cc3)c2C)n[nH]c1=O. The lowest BCUT2D eigenvalue weighted by Crippen LogP contribution is -2.28. The number of nitrogens with one attached hydrogen (secondary N) is 4. The van der Waals surface area contributed by atoms with Crippen molar-refractivity contribution in [3.63, 3.8) is 0 Å². The lowest BCUT2D eigenvalue weighted by atomic mass is 10.0. The molecule has 0 atom stereocenters. The van der Waals surface area contributed by atoms with Gasteiger partial charge in [-0.15, -0.1) is 0 Å². The van der Waals surface area contributed by atoms with E-state index in [2.05, 4.69) is 26.1 Å². The van der Waals surface area contributed by atoms with Crippen molar-refractivity contribution >= 4 is 23.3 Å². The van der Waals surface area contributed by atoms with Crippen LogP contribution in [0.1, 0.15) is 21.5 Å². The van der Waals surface area contributed by atoms with Crippen LogP contribution in [-0.2, 0) is 0 Å². The highest BCUT2D eigenvalue weighted by atomic mass is 16.2. The molecule has 1 aromatic heterocycles. The maximum Gasteiger partial charge on any atom is 0.319 e. The number of aryl methyl sites for hydroxylation is 1. The van der Waals surface area contributed by atoms with Crippen LogP contribution in [0.3, 0.4) is 0 Å². The molecule has 0 aliphatic carbocycles. The van der Waals surface area contributed by atoms with E-state index in [0.29, 0.717) is 22.5 Å². The molecule has 0 aliphatic heterocycles. The maximum atomic E-state index is 12.5. The van der Waals surface area contributed by atoms with Crippen molar-refractivity contribution in [3.05, 3.63) is 75.6 Å². The molecule has 0 saturated carbocycles. The third-order valence-electron chi connectivity index (χ3n) is 4.45. The predicted octanol–water partition coefficient (Wildman–Crippen LogP) is 3.06. The van der Waals surface area contributed by atoms with Gasteiger partial charge in [0.1, 0.15) is 5.69 Å². The fourth-order valence-electron chi connectivity index (χ4n) is 2.77. The second-order valence-electron chi connectivity index (χ2n) is 6.50. The van der Waals surface area contributed by atoms with E-state index in [-0.39, 0.29) is 11.6 Å². The van der Waals surface area contributed by atoms with Gasteiger partial charge >= 0.3 is 6.03 Å². The number of rotatable bonds is 4. The van der Waals surface area contributed by atoms with E-state index in [1.54, 1.807) is 24.3 Å². The number of amides is 3. The van der Waals surface area contributed by atoms with Crippen molar-refractivity contribution in [1.29, 1.82) is 0 Å². The first-order valence-electron chi connectivity index (χ1n) is 8.95. The number of urea groups is 1. The van der Waals surface area contributed by atoms with Gasteiger partial charge in [0, 0.05) is 23.9 Å². The van der Waals surface area contributed by atoms with Crippen LogP contribution in [-0.4, -0.2) is 29.2 Å². The Morgan fingerprint density at radius 3 is 2.38 bits per heavy atom. The number of carbonyl (C=O) groups excluding carboxylic acids is 2. The molecule has 3 rings (SSSR count). The van der Waals surface area contributed by atoms with E-state index in [0.717, 1.165) is 11.1 Å². The maximum absolute atomic E-state index is 12.5. The van der Waals surface area contributed by atoms with Crippen molar-refractivity contribution < 1.29 is 9.59 Å². The number of hydrogen-bond acceptors (Lipinski definition) is 4. The molecule has 29 heavy (non-hydrogen) atoms. The standard InChI is InChI=1S/C21H21N5O3/c1-12-7-9-14(10-8-12)19(27)23-16-6-4-5-15(13(16)2)17-11-18(20(28)26-25-17)24-21(29)22-3/h4-11H,1-3H3,(H,23,27)(H,26,28)(H2,22,24,25,29). The average molecular weight is 391 g/mol. The van der Waals surface area contributed by atoms with Crippen LogP contribution in [0.25, 0.3) is 11.3 Å². The zero-order valence-electron chi connectivity index (χ0n) is 16.3. The zero-order valence-corrected chi connectivity index (χ0v) is 16.3. The number of aromatic amines is 1. The Bertz CT molecular complexity index is 1120. The van der Waals surface area contributed by atoms with Crippen LogP contribution in [0.2, 0.25) is 0 Å². The van der Waals surface area contributed by atoms with Gasteiger partial charge in [0.05, 0.1) is 5.69 Å². The molecule has 0 spiro atoms. The van der Waals surface area contributed by atoms with Crippen LogP contribution < -0.4 is 21.5 Å². The van der Waals surface area contributed by atoms with Gasteiger partial charge in [0.25, 0.3) is 11.5 Å². The van der Waals surface area contributed by atoms with Gasteiger partial charge in [-0.05, 0) is 43.7 Å². The van der Waals surface area contributed by atoms with E-state index in [9.17, 15) is 14.4 Å². The van der Waals surface area contributed by atoms with Gasteiger partial charge in [0.2, 0.25) is 0 Å². The Kier molecular flexibility index (Phi) is 5.73. The Balaban J connectivity index is 1.91. The Hall–Kier alpha value is -3.94. The summed E-state index contributed by atoms with van der Waals surface area (Å²) in [6.45, 7) is 3.80. The summed E-state index contributed by atoms with van der Waals surface area (Å²) in [5, 5.41) is 14.2. The largest absolute Gasteiger partial charge is 0.341 e. The highest BCUT2D eigenvalue weighted by Gasteiger charge is 2.13. The van der Waals surface area contributed by atoms with E-state index >= 15 is 0 Å². The first-order valence-corrected chi connectivity index (χ1v) is 8.95. The molecule has 8 heteroatoms. The zero-order chi connectivity index (χ0) is 21.0. The van der Waals surface area contributed by atoms with Crippen LogP contribution in [0.5, 0.6) is 0 Å². The first kappa shape index (κ1) is 19.8. The van der Waals surface area contributed by atoms with Crippen LogP contribution >= 0.6 is 0 Å². The average Bonchev–Trinajstić information content (AvgIpc) is 2.71. The highest BCUT2D eigenvalue weighted by Crippen LogP contribution is 2.28. The molecule has 2 aromatic carbocycles. The smallest absolute Gasteiger partial charge is 0.319 e. The molecule has 0 aliphatic rings. The van der Waals surface area contributed by atoms with Gasteiger partial charge in [-0.1, -0.05) is 29.8 Å². The molecular formula is C21H21N5O3. The quantitative estimate of drug-likeness (QED) is 0.547. The molecule has 1 heterocycles. The molecule has 4 N–H and O–H groups in total. The van der Waals surface area contributed by atoms with Crippen LogP contribution in [0.15, 0.2) is 53.3 Å². The van der Waals surface area contributed by atoms with Gasteiger partial charge in [0.15, 0.2) is 0 Å². The number of anilines is 2. The second-order valence-corrected chi connectivity index (χ2v) is 6.50. The number of nitrogens with zero attached hydrogens (tertiary/aromatic N) is 1. The molecule has 0 bridgehead atoms. The molecule has 8 nitrogen and oxygen atoms in total. The molecule has 3 amide bonds. The summed E-state index contributed by atoms with van der Waals surface area (Å²) in [6, 6.07) is 13.7. The number of aromatic nitrogens is 2. The van der Waals surface area contributed by atoms with Gasteiger partial charge in [-0.2, -0.15) is 5.10 Å². The Morgan fingerprint density at radius 2 is 1.69 bits per heavy atom. The van der Waals surface area contributed by atoms with Crippen molar-refractivity contribution in [1.82, 2.24) is 15.5 Å². The summed E-state index contributed by atoms with van der Waals surface area (Å²) in [4.78, 5) is 36.0. The second kappa shape index (κ2) is 8.39. The Labute approximate surface area is 167 Å². The van der Waals surface area contributed by atoms with E-state index < -0.39 is 11.6 Å². The molecule has 148 valence electrons. The van der Waals surface area contributed by atoms with Gasteiger partial charge in [-0.3, -0.25) is 9.59 Å². The molecule has 0 fully saturated rings. The Morgan fingerprint density at radius 1 is 0.966 bits per heavy atom. The number of carbonyl (C=O) groups is 2. The monoisotopic (exact) mass is 391 g/mol. The first-order chi connectivity index (χ1) is 13.9. The minimum atomic E-state index is -0.515. The molecule has 0 radical (unpaired) electrons. The topological polar surface area (TPSA) is 116 Å². The van der Waals surface area contributed by atoms with Crippen molar-refractivity contribution in [2.45, 2.75) is 13.8 Å². The number of hydrogen-bond donors (Lipinski definition) is 4. The van der Waals surface area contributed by atoms with Gasteiger partial charge < -0.3 is 16.0 Å². The lowest BCUT2D eigenvalue weighted by Gasteiger charge is -2.13. The third kappa shape index (κ3) is 4.49. The fraction of sp³-hybridized carbons (Fsp3) is 0.143. The van der Waals surface area contributed by atoms with Crippen molar-refractivity contribution in [2.24, 2.45) is 0 Å². The van der Waals surface area contributed by atoms with Gasteiger partial charge in [-0.25, -0.2) is 9.89 Å². The summed E-state index contributed by atoms with van der Waals surface area (Å²) in [7, 11) is 1.45. The summed E-state index contributed by atoms with van der Waals surface area (Å²) in [5.41, 5.74) is 3.76. The number of benzene rings is 2. The number of H-pyrrole nitrogens is 1. The molecular weight excluding hydrogens is 370 g/mol. The highest BCUT2D eigenvalue weighted by molar-refractivity contribution is 6.05. The van der Waals surface area contributed by atoms with Crippen molar-refractivity contribution in [3.8, 4) is 11.3 Å². The molecule has 3 aromatic rings. The van der Waals surface area contributed by atoms with E-state index in [1.807, 2.05) is 32.0 Å². The normalized spacial score (nSPS) is 10.3. The summed E-state index contributed by atoms with van der Waals surface area (Å²) in [6.07, 6.45) is 0. The summed E-state index contributed by atoms with van der Waals surface area (Å²) >= 11 is 0. The fourth-order valence-corrected chi connectivity index (χ4v) is 2.77. The third-order valence-corrected chi connectivity index (χ3v) is 4.45. The minimum absolute atomic E-state index is 0.0721. The van der Waals surface area contributed by atoms with Crippen molar-refractivity contribution in [2.75, 3.05) is 17.7 Å². The minimum Gasteiger partial charge on any atom is -0.341 e. The van der Waals surface area contributed by atoms with E-state index in [4.69, 9.17) is 0 Å². The summed E-state index contributed by atoms with van der Waals surface area (Å²) in [5.74, 6) is -0.221. The molecule has 0 saturated heterocycles.